The average molecular weight is 443 g/mol. The van der Waals surface area contributed by atoms with Crippen LogP contribution < -0.4 is 0 Å². The molecular weight excluding hydrogens is 388 g/mol. The molecule has 0 aliphatic rings. The third-order valence-electron chi connectivity index (χ3n) is 5.93. The van der Waals surface area contributed by atoms with Crippen molar-refractivity contribution in [3.63, 3.8) is 0 Å². The number of ether oxygens (including phenoxy) is 2. The number of unbranched alkanes of at least 4 members (excludes halogenated alkanes) is 17. The molecule has 0 saturated carbocycles. The maximum absolute atomic E-state index is 11.7. The van der Waals surface area contributed by atoms with Crippen LogP contribution in [0.4, 0.5) is 0 Å². The van der Waals surface area contributed by atoms with E-state index < -0.39 is 6.10 Å². The second-order valence-corrected chi connectivity index (χ2v) is 9.13. The molecular formula is C27H54O4. The third kappa shape index (κ3) is 23.9. The maximum atomic E-state index is 11.7. The second-order valence-electron chi connectivity index (χ2n) is 9.13. The van der Waals surface area contributed by atoms with Crippen molar-refractivity contribution in [1.82, 2.24) is 0 Å². The molecule has 0 aromatic heterocycles. The van der Waals surface area contributed by atoms with Gasteiger partial charge < -0.3 is 14.6 Å². The lowest BCUT2D eigenvalue weighted by Crippen LogP contribution is -2.27. The summed E-state index contributed by atoms with van der Waals surface area (Å²) in [5.41, 5.74) is 0. The lowest BCUT2D eigenvalue weighted by molar-refractivity contribution is -0.154. The van der Waals surface area contributed by atoms with Crippen LogP contribution in [-0.4, -0.2) is 37.0 Å². The number of hydrogen-bond donors (Lipinski definition) is 1. The summed E-state index contributed by atoms with van der Waals surface area (Å²) in [6.45, 7) is 5.20. The fourth-order valence-electron chi connectivity index (χ4n) is 3.86. The van der Waals surface area contributed by atoms with Gasteiger partial charge in [0.25, 0.3) is 0 Å². The van der Waals surface area contributed by atoms with Crippen molar-refractivity contribution in [2.75, 3.05) is 19.8 Å². The molecule has 0 aliphatic heterocycles. The van der Waals surface area contributed by atoms with E-state index in [4.69, 9.17) is 9.47 Å². The first-order valence-corrected chi connectivity index (χ1v) is 13.6. The van der Waals surface area contributed by atoms with E-state index in [1.54, 1.807) is 0 Å². The van der Waals surface area contributed by atoms with E-state index in [9.17, 15) is 9.90 Å². The quantitative estimate of drug-likeness (QED) is 0.116. The monoisotopic (exact) mass is 442 g/mol. The molecule has 0 radical (unpaired) electrons. The number of carbonyl (C=O) groups is 1. The highest BCUT2D eigenvalue weighted by Crippen LogP contribution is 2.13. The summed E-state index contributed by atoms with van der Waals surface area (Å²) in [4.78, 5) is 11.7. The van der Waals surface area contributed by atoms with Crippen LogP contribution in [-0.2, 0) is 14.3 Å². The van der Waals surface area contributed by atoms with Crippen LogP contribution in [0.3, 0.4) is 0 Å². The Hall–Kier alpha value is -0.610. The van der Waals surface area contributed by atoms with Crippen LogP contribution in [0.5, 0.6) is 0 Å². The highest BCUT2D eigenvalue weighted by atomic mass is 16.6. The summed E-state index contributed by atoms with van der Waals surface area (Å²) in [5, 5.41) is 9.33. The van der Waals surface area contributed by atoms with Crippen molar-refractivity contribution >= 4 is 5.97 Å². The fourth-order valence-corrected chi connectivity index (χ4v) is 3.86. The SMILES string of the molecule is CCCCCCCCCCCCCCCCCCOCC(CO)OC(=O)CCCCC. The Bertz CT molecular complexity index is 359. The van der Waals surface area contributed by atoms with E-state index in [-0.39, 0.29) is 12.6 Å². The third-order valence-corrected chi connectivity index (χ3v) is 5.93. The van der Waals surface area contributed by atoms with Gasteiger partial charge in [0.15, 0.2) is 0 Å². The number of esters is 1. The number of rotatable bonds is 25. The molecule has 31 heavy (non-hydrogen) atoms. The summed E-state index contributed by atoms with van der Waals surface area (Å²) >= 11 is 0. The van der Waals surface area contributed by atoms with Crippen LogP contribution in [0.25, 0.3) is 0 Å². The minimum absolute atomic E-state index is 0.168. The minimum atomic E-state index is -0.518. The van der Waals surface area contributed by atoms with Crippen molar-refractivity contribution < 1.29 is 19.4 Å². The topological polar surface area (TPSA) is 55.8 Å². The smallest absolute Gasteiger partial charge is 0.306 e. The lowest BCUT2D eigenvalue weighted by atomic mass is 10.0. The Kier molecular flexibility index (Phi) is 25.1. The van der Waals surface area contributed by atoms with Crippen molar-refractivity contribution in [3.05, 3.63) is 0 Å². The first kappa shape index (κ1) is 30.4. The molecule has 0 fully saturated rings. The molecule has 4 nitrogen and oxygen atoms in total. The largest absolute Gasteiger partial charge is 0.457 e. The molecule has 0 amide bonds. The first-order chi connectivity index (χ1) is 15.2. The van der Waals surface area contributed by atoms with Crippen molar-refractivity contribution in [2.45, 2.75) is 148 Å². The van der Waals surface area contributed by atoms with Gasteiger partial charge in [0, 0.05) is 13.0 Å². The number of hydrogen-bond acceptors (Lipinski definition) is 4. The number of carbonyl (C=O) groups excluding carboxylic acids is 1. The Morgan fingerprint density at radius 1 is 0.645 bits per heavy atom. The summed E-state index contributed by atoms with van der Waals surface area (Å²) < 4.78 is 10.9. The average Bonchev–Trinajstić information content (AvgIpc) is 2.77. The molecule has 1 N–H and O–H groups in total. The molecule has 0 spiro atoms. The van der Waals surface area contributed by atoms with E-state index >= 15 is 0 Å². The van der Waals surface area contributed by atoms with Crippen LogP contribution in [0, 0.1) is 0 Å². The van der Waals surface area contributed by atoms with E-state index in [2.05, 4.69) is 13.8 Å². The Balaban J connectivity index is 3.28. The summed E-state index contributed by atoms with van der Waals surface area (Å²) in [5.74, 6) is -0.224. The molecule has 0 rings (SSSR count). The molecule has 186 valence electrons. The van der Waals surface area contributed by atoms with Gasteiger partial charge in [0.1, 0.15) is 6.10 Å². The van der Waals surface area contributed by atoms with Gasteiger partial charge in [-0.25, -0.2) is 0 Å². The summed E-state index contributed by atoms with van der Waals surface area (Å²) in [6, 6.07) is 0. The van der Waals surface area contributed by atoms with Crippen LogP contribution in [0.15, 0.2) is 0 Å². The van der Waals surface area contributed by atoms with Crippen LogP contribution in [0.2, 0.25) is 0 Å². The Labute approximate surface area is 193 Å². The predicted molar refractivity (Wildman–Crippen MR) is 131 cm³/mol. The van der Waals surface area contributed by atoms with E-state index in [0.29, 0.717) is 19.6 Å². The molecule has 0 bridgehead atoms. The number of aliphatic hydroxyl groups is 1. The van der Waals surface area contributed by atoms with Gasteiger partial charge in [0.05, 0.1) is 13.2 Å². The lowest BCUT2D eigenvalue weighted by Gasteiger charge is -2.15. The van der Waals surface area contributed by atoms with Gasteiger partial charge in [-0.05, 0) is 12.8 Å². The van der Waals surface area contributed by atoms with Crippen molar-refractivity contribution in [2.24, 2.45) is 0 Å². The predicted octanol–water partition coefficient (Wildman–Crippen LogP) is 7.75. The minimum Gasteiger partial charge on any atom is -0.457 e. The van der Waals surface area contributed by atoms with Gasteiger partial charge in [-0.1, -0.05) is 123 Å². The summed E-state index contributed by atoms with van der Waals surface area (Å²) in [7, 11) is 0. The molecule has 0 heterocycles. The van der Waals surface area contributed by atoms with Gasteiger partial charge >= 0.3 is 5.97 Å². The molecule has 0 aromatic rings. The Morgan fingerprint density at radius 2 is 1.06 bits per heavy atom. The summed E-state index contributed by atoms with van der Waals surface area (Å²) in [6.07, 6.45) is 24.6. The molecule has 0 aromatic carbocycles. The standard InChI is InChI=1S/C27H54O4/c1-3-5-7-8-9-10-11-12-13-14-15-16-17-18-19-21-23-30-25-26(24-28)31-27(29)22-20-6-4-2/h26,28H,3-25H2,1-2H3. The molecule has 0 saturated heterocycles. The van der Waals surface area contributed by atoms with Gasteiger partial charge in [-0.3, -0.25) is 4.79 Å². The normalized spacial score (nSPS) is 12.2. The second kappa shape index (κ2) is 25.6. The van der Waals surface area contributed by atoms with Gasteiger partial charge in [-0.15, -0.1) is 0 Å². The maximum Gasteiger partial charge on any atom is 0.306 e. The zero-order chi connectivity index (χ0) is 22.8. The van der Waals surface area contributed by atoms with E-state index in [0.717, 1.165) is 25.7 Å². The fraction of sp³-hybridized carbons (Fsp3) is 0.963. The first-order valence-electron chi connectivity index (χ1n) is 13.6. The molecule has 1 unspecified atom stereocenters. The van der Waals surface area contributed by atoms with Gasteiger partial charge in [0.2, 0.25) is 0 Å². The number of aliphatic hydroxyl groups excluding tert-OH is 1. The van der Waals surface area contributed by atoms with Crippen LogP contribution >= 0.6 is 0 Å². The van der Waals surface area contributed by atoms with E-state index in [1.807, 2.05) is 0 Å². The molecule has 4 heteroatoms. The van der Waals surface area contributed by atoms with Gasteiger partial charge in [-0.2, -0.15) is 0 Å². The zero-order valence-electron chi connectivity index (χ0n) is 21.0. The molecule has 1 atom stereocenters. The highest BCUT2D eigenvalue weighted by molar-refractivity contribution is 5.69. The van der Waals surface area contributed by atoms with Crippen molar-refractivity contribution in [1.29, 1.82) is 0 Å². The Morgan fingerprint density at radius 3 is 1.52 bits per heavy atom. The zero-order valence-corrected chi connectivity index (χ0v) is 21.0. The highest BCUT2D eigenvalue weighted by Gasteiger charge is 2.13. The van der Waals surface area contributed by atoms with Crippen LogP contribution in [0.1, 0.15) is 142 Å². The van der Waals surface area contributed by atoms with E-state index in [1.165, 1.54) is 96.3 Å². The van der Waals surface area contributed by atoms with Crippen molar-refractivity contribution in [3.8, 4) is 0 Å². The molecule has 0 aliphatic carbocycles.